The molecular weight excluding hydrogens is 448 g/mol. The van der Waals surface area contributed by atoms with E-state index in [9.17, 15) is 14.7 Å². The second-order valence-electron chi connectivity index (χ2n) is 9.78. The number of carboxylic acid groups (broad SMARTS) is 1. The minimum Gasteiger partial charge on any atom is -0.493 e. The first-order valence-electron chi connectivity index (χ1n) is 12.4. The monoisotopic (exact) mass is 480 g/mol. The van der Waals surface area contributed by atoms with Gasteiger partial charge in [-0.05, 0) is 55.4 Å². The van der Waals surface area contributed by atoms with Crippen LogP contribution in [0.2, 0.25) is 0 Å². The van der Waals surface area contributed by atoms with Gasteiger partial charge < -0.3 is 24.1 Å². The van der Waals surface area contributed by atoms with Crippen LogP contribution >= 0.6 is 0 Å². The van der Waals surface area contributed by atoms with Crippen molar-refractivity contribution in [1.82, 2.24) is 0 Å². The molecule has 1 saturated heterocycles. The van der Waals surface area contributed by atoms with Gasteiger partial charge in [-0.3, -0.25) is 9.59 Å². The predicted octanol–water partition coefficient (Wildman–Crippen LogP) is 4.93. The Bertz CT molecular complexity index is 1130. The van der Waals surface area contributed by atoms with E-state index in [0.717, 1.165) is 47.9 Å². The van der Waals surface area contributed by atoms with Crippen molar-refractivity contribution in [2.75, 3.05) is 27.4 Å². The van der Waals surface area contributed by atoms with Crippen LogP contribution < -0.4 is 14.2 Å². The molecule has 0 spiro atoms. The third kappa shape index (κ3) is 4.05. The third-order valence-electron chi connectivity index (χ3n) is 7.99. The van der Waals surface area contributed by atoms with E-state index in [1.165, 1.54) is 0 Å². The maximum atomic E-state index is 12.6. The molecule has 0 aromatic heterocycles. The van der Waals surface area contributed by atoms with Crippen molar-refractivity contribution >= 4 is 11.8 Å². The van der Waals surface area contributed by atoms with Crippen LogP contribution in [0.3, 0.4) is 0 Å². The number of hydrogen-bond acceptors (Lipinski definition) is 6. The number of ketones is 1. The van der Waals surface area contributed by atoms with Crippen LogP contribution in [-0.4, -0.2) is 50.4 Å². The van der Waals surface area contributed by atoms with Crippen LogP contribution in [0.1, 0.15) is 54.4 Å². The second-order valence-corrected chi connectivity index (χ2v) is 9.78. The lowest BCUT2D eigenvalue weighted by Gasteiger charge is -2.47. The van der Waals surface area contributed by atoms with E-state index in [-0.39, 0.29) is 11.7 Å². The summed E-state index contributed by atoms with van der Waals surface area (Å²) in [7, 11) is 3.14. The van der Waals surface area contributed by atoms with E-state index in [1.54, 1.807) is 14.2 Å². The fourth-order valence-electron chi connectivity index (χ4n) is 5.85. The summed E-state index contributed by atoms with van der Waals surface area (Å²) >= 11 is 0. The molecule has 186 valence electrons. The Balaban J connectivity index is 1.63. The first-order valence-corrected chi connectivity index (χ1v) is 12.4. The molecule has 1 aliphatic heterocycles. The van der Waals surface area contributed by atoms with Crippen LogP contribution in [0.15, 0.2) is 30.3 Å². The molecular formula is C28H32O7. The second kappa shape index (κ2) is 9.53. The Morgan fingerprint density at radius 1 is 1.03 bits per heavy atom. The normalized spacial score (nSPS) is 20.0. The van der Waals surface area contributed by atoms with Gasteiger partial charge in [0, 0.05) is 36.7 Å². The van der Waals surface area contributed by atoms with E-state index in [4.69, 9.17) is 18.9 Å². The molecule has 35 heavy (non-hydrogen) atoms. The summed E-state index contributed by atoms with van der Waals surface area (Å²) in [4.78, 5) is 24.7. The molecule has 0 radical (unpaired) electrons. The lowest BCUT2D eigenvalue weighted by Crippen LogP contribution is -2.54. The Morgan fingerprint density at radius 3 is 2.40 bits per heavy atom. The van der Waals surface area contributed by atoms with Crippen molar-refractivity contribution in [1.29, 1.82) is 0 Å². The third-order valence-corrected chi connectivity index (χ3v) is 7.99. The summed E-state index contributed by atoms with van der Waals surface area (Å²) in [5.74, 6) is 0.870. The molecule has 2 fully saturated rings. The highest BCUT2D eigenvalue weighted by molar-refractivity contribution is 6.01. The molecule has 3 aliphatic rings. The number of Topliss-reactive ketones (excluding diaryl/α,β-unsaturated/α-hetero) is 1. The summed E-state index contributed by atoms with van der Waals surface area (Å²) < 4.78 is 23.7. The van der Waals surface area contributed by atoms with Crippen molar-refractivity contribution in [3.05, 3.63) is 41.5 Å². The first kappa shape index (κ1) is 23.7. The van der Waals surface area contributed by atoms with Gasteiger partial charge in [0.05, 0.1) is 14.2 Å². The van der Waals surface area contributed by atoms with Crippen LogP contribution in [0.5, 0.6) is 17.2 Å². The molecule has 2 aliphatic carbocycles. The van der Waals surface area contributed by atoms with Crippen molar-refractivity contribution in [2.45, 2.75) is 51.0 Å². The standard InChI is InChI=1S/C28H32O7/c1-32-23-9-7-21(19-4-6-20-18(16-19)5-8-22(20)29)24(25(23)33-2)35-26(17-10-14-34-15-11-17)28(27(30)31)12-3-13-28/h4,6-7,9,16-17,26H,3,5,8,10-15H2,1-2H3,(H,30,31). The molecule has 7 nitrogen and oxygen atoms in total. The minimum absolute atomic E-state index is 0.0570. The van der Waals surface area contributed by atoms with Gasteiger partial charge in [0.15, 0.2) is 17.3 Å². The van der Waals surface area contributed by atoms with Gasteiger partial charge in [0.25, 0.3) is 0 Å². The molecule has 2 aromatic carbocycles. The molecule has 7 heteroatoms. The molecule has 1 N–H and O–H groups in total. The summed E-state index contributed by atoms with van der Waals surface area (Å²) in [6.45, 7) is 1.20. The number of carboxylic acids is 1. The zero-order valence-electron chi connectivity index (χ0n) is 20.3. The van der Waals surface area contributed by atoms with Gasteiger partial charge in [-0.2, -0.15) is 0 Å². The lowest BCUT2D eigenvalue weighted by molar-refractivity contribution is -0.169. The Morgan fingerprint density at radius 2 is 1.77 bits per heavy atom. The van der Waals surface area contributed by atoms with Crippen molar-refractivity contribution in [3.63, 3.8) is 0 Å². The zero-order valence-corrected chi connectivity index (χ0v) is 20.3. The minimum atomic E-state index is -0.933. The molecule has 1 unspecified atom stereocenters. The van der Waals surface area contributed by atoms with Crippen LogP contribution in [0.4, 0.5) is 0 Å². The van der Waals surface area contributed by atoms with E-state index >= 15 is 0 Å². The number of benzene rings is 2. The molecule has 1 heterocycles. The van der Waals surface area contributed by atoms with Crippen LogP contribution in [-0.2, 0) is 16.0 Å². The van der Waals surface area contributed by atoms with Gasteiger partial charge in [-0.1, -0.05) is 24.6 Å². The quantitative estimate of drug-likeness (QED) is 0.573. The van der Waals surface area contributed by atoms with Gasteiger partial charge >= 0.3 is 5.97 Å². The van der Waals surface area contributed by atoms with Gasteiger partial charge in [-0.25, -0.2) is 0 Å². The lowest BCUT2D eigenvalue weighted by atomic mass is 9.61. The molecule has 0 amide bonds. The van der Waals surface area contributed by atoms with E-state index in [0.29, 0.717) is 49.7 Å². The van der Waals surface area contributed by atoms with Crippen LogP contribution in [0.25, 0.3) is 11.1 Å². The highest BCUT2D eigenvalue weighted by Crippen LogP contribution is 2.53. The SMILES string of the molecule is COc1ccc(-c2ccc3c(c2)CCC3=O)c(OC(C2CCOCC2)C2(C(=O)O)CCC2)c1OC. The number of hydrogen-bond donors (Lipinski definition) is 1. The Hall–Kier alpha value is -3.06. The van der Waals surface area contributed by atoms with E-state index in [1.807, 2.05) is 30.3 Å². The maximum absolute atomic E-state index is 12.6. The summed E-state index contributed by atoms with van der Waals surface area (Å²) in [6.07, 6.45) is 4.29. The van der Waals surface area contributed by atoms with Crippen molar-refractivity contribution in [3.8, 4) is 28.4 Å². The highest BCUT2D eigenvalue weighted by atomic mass is 16.5. The molecule has 2 aromatic rings. The molecule has 1 atom stereocenters. The number of ether oxygens (including phenoxy) is 4. The van der Waals surface area contributed by atoms with E-state index < -0.39 is 17.5 Å². The Labute approximate surface area is 205 Å². The fraction of sp³-hybridized carbons (Fsp3) is 0.500. The number of aliphatic carboxylic acids is 1. The average Bonchev–Trinajstić information content (AvgIpc) is 3.22. The van der Waals surface area contributed by atoms with E-state index in [2.05, 4.69) is 0 Å². The summed E-state index contributed by atoms with van der Waals surface area (Å²) in [6, 6.07) is 9.59. The topological polar surface area (TPSA) is 91.3 Å². The Kier molecular flexibility index (Phi) is 6.45. The largest absolute Gasteiger partial charge is 0.493 e. The molecule has 5 rings (SSSR count). The predicted molar refractivity (Wildman–Crippen MR) is 130 cm³/mol. The van der Waals surface area contributed by atoms with Crippen LogP contribution in [0, 0.1) is 11.3 Å². The zero-order chi connectivity index (χ0) is 24.6. The molecule has 1 saturated carbocycles. The van der Waals surface area contributed by atoms with Crippen molar-refractivity contribution < 1.29 is 33.6 Å². The first-order chi connectivity index (χ1) is 17.0. The number of methoxy groups -OCH3 is 2. The number of rotatable bonds is 8. The van der Waals surface area contributed by atoms with Gasteiger partial charge in [-0.15, -0.1) is 0 Å². The highest BCUT2D eigenvalue weighted by Gasteiger charge is 2.55. The van der Waals surface area contributed by atoms with Gasteiger partial charge in [0.2, 0.25) is 5.75 Å². The summed E-state index contributed by atoms with van der Waals surface area (Å²) in [5, 5.41) is 10.3. The molecule has 0 bridgehead atoms. The smallest absolute Gasteiger partial charge is 0.313 e. The van der Waals surface area contributed by atoms with Crippen molar-refractivity contribution in [2.24, 2.45) is 11.3 Å². The maximum Gasteiger partial charge on any atom is 0.313 e. The summed E-state index contributed by atoms with van der Waals surface area (Å²) in [5.41, 5.74) is 2.56. The number of aryl methyl sites for hydroxylation is 1. The number of fused-ring (bicyclic) bond motifs is 1. The van der Waals surface area contributed by atoms with Gasteiger partial charge in [0.1, 0.15) is 11.5 Å². The number of carbonyl (C=O) groups excluding carboxylic acids is 1. The average molecular weight is 481 g/mol. The number of carbonyl (C=O) groups is 2. The fourth-order valence-corrected chi connectivity index (χ4v) is 5.85.